The Bertz CT molecular complexity index is 286. The fraction of sp³-hybridized carbons (Fsp3) is 0.667. The minimum Gasteiger partial charge on any atom is -0.368 e. The number of carbonyl (C=O) groups is 3. The average Bonchev–Trinajstić information content (AvgIpc) is 2.28. The Hall–Kier alpha value is -0.770. The summed E-state index contributed by atoms with van der Waals surface area (Å²) >= 11 is 2.50. The van der Waals surface area contributed by atoms with Gasteiger partial charge in [-0.15, -0.1) is 0 Å². The lowest BCUT2D eigenvalue weighted by Gasteiger charge is -2.07. The zero-order valence-corrected chi connectivity index (χ0v) is 11.5. The number of primary amides is 2. The molecule has 0 saturated carbocycles. The summed E-state index contributed by atoms with van der Waals surface area (Å²) in [6, 6.07) is -1.47. The maximum atomic E-state index is 11.4. The predicted molar refractivity (Wildman–Crippen MR) is 74.0 cm³/mol. The van der Waals surface area contributed by atoms with E-state index in [9.17, 15) is 14.4 Å². The van der Waals surface area contributed by atoms with E-state index in [0.29, 0.717) is 11.5 Å². The monoisotopic (exact) mass is 294 g/mol. The lowest BCUT2D eigenvalue weighted by molar-refractivity contribution is -0.119. The molecule has 0 fully saturated rings. The van der Waals surface area contributed by atoms with Gasteiger partial charge >= 0.3 is 0 Å². The Morgan fingerprint density at radius 3 is 1.44 bits per heavy atom. The summed E-state index contributed by atoms with van der Waals surface area (Å²) < 4.78 is 0. The van der Waals surface area contributed by atoms with Gasteiger partial charge < -0.3 is 22.9 Å². The normalized spacial score (nSPS) is 13.9. The average molecular weight is 294 g/mol. The summed E-state index contributed by atoms with van der Waals surface area (Å²) in [5.74, 6) is -0.0644. The van der Waals surface area contributed by atoms with Crippen LogP contribution in [-0.2, 0) is 14.4 Å². The van der Waals surface area contributed by atoms with Gasteiger partial charge in [-0.05, 0) is 0 Å². The molecule has 2 atom stereocenters. The topological polar surface area (TPSA) is 155 Å². The molecule has 0 radical (unpaired) electrons. The summed E-state index contributed by atoms with van der Waals surface area (Å²) in [6.07, 6.45) is 0. The van der Waals surface area contributed by atoms with Crippen molar-refractivity contribution in [2.45, 2.75) is 12.1 Å². The van der Waals surface area contributed by atoms with E-state index in [0.717, 1.165) is 0 Å². The Balaban J connectivity index is 3.61. The number of hydrogen-bond donors (Lipinski definition) is 4. The van der Waals surface area contributed by atoms with Crippen LogP contribution < -0.4 is 22.9 Å². The molecule has 0 rings (SSSR count). The molecule has 0 aromatic carbocycles. The van der Waals surface area contributed by atoms with E-state index < -0.39 is 23.9 Å². The minimum absolute atomic E-state index is 0.0154. The van der Waals surface area contributed by atoms with Crippen molar-refractivity contribution in [2.24, 2.45) is 22.9 Å². The van der Waals surface area contributed by atoms with Gasteiger partial charge in [-0.3, -0.25) is 14.4 Å². The standard InChI is InChI=1S/C9H18N4O3S2/c10-6(8(12)15)3-17-1-5(14)2-18-4-7(11)9(13)16/h6-7H,1-4,10-11H2,(H2,12,15)(H2,13,16). The highest BCUT2D eigenvalue weighted by Crippen LogP contribution is 2.07. The van der Waals surface area contributed by atoms with E-state index in [2.05, 4.69) is 0 Å². The maximum absolute atomic E-state index is 11.4. The zero-order valence-electron chi connectivity index (χ0n) is 9.83. The number of nitrogens with two attached hydrogens (primary N) is 4. The Morgan fingerprint density at radius 2 is 1.17 bits per heavy atom. The van der Waals surface area contributed by atoms with Crippen LogP contribution in [0.5, 0.6) is 0 Å². The molecule has 2 amide bonds. The van der Waals surface area contributed by atoms with Crippen LogP contribution in [-0.4, -0.2) is 52.7 Å². The van der Waals surface area contributed by atoms with Gasteiger partial charge in [0.05, 0.1) is 23.6 Å². The third-order valence-electron chi connectivity index (χ3n) is 1.85. The second-order valence-electron chi connectivity index (χ2n) is 3.59. The highest BCUT2D eigenvalue weighted by atomic mass is 32.2. The van der Waals surface area contributed by atoms with Crippen LogP contribution in [0.15, 0.2) is 0 Å². The van der Waals surface area contributed by atoms with Crippen LogP contribution in [0.4, 0.5) is 0 Å². The number of amides is 2. The van der Waals surface area contributed by atoms with Gasteiger partial charge in [0.1, 0.15) is 0 Å². The van der Waals surface area contributed by atoms with E-state index in [-0.39, 0.29) is 17.3 Å². The fourth-order valence-corrected chi connectivity index (χ4v) is 2.67. The maximum Gasteiger partial charge on any atom is 0.235 e. The van der Waals surface area contributed by atoms with E-state index in [4.69, 9.17) is 22.9 Å². The summed E-state index contributed by atoms with van der Waals surface area (Å²) in [6.45, 7) is 0. The molecule has 0 spiro atoms. The van der Waals surface area contributed by atoms with E-state index in [1.807, 2.05) is 0 Å². The number of ketones is 1. The van der Waals surface area contributed by atoms with E-state index >= 15 is 0 Å². The first-order chi connectivity index (χ1) is 8.34. The van der Waals surface area contributed by atoms with Crippen molar-refractivity contribution < 1.29 is 14.4 Å². The molecule has 2 unspecified atom stereocenters. The summed E-state index contributed by atoms with van der Waals surface area (Å²) in [7, 11) is 0. The first kappa shape index (κ1) is 17.2. The first-order valence-electron chi connectivity index (χ1n) is 5.11. The molecule has 0 heterocycles. The second kappa shape index (κ2) is 9.20. The lowest BCUT2D eigenvalue weighted by atomic mass is 10.3. The molecule has 8 N–H and O–H groups in total. The fourth-order valence-electron chi connectivity index (χ4n) is 0.805. The van der Waals surface area contributed by atoms with Crippen LogP contribution in [0.1, 0.15) is 0 Å². The van der Waals surface area contributed by atoms with Crippen molar-refractivity contribution in [2.75, 3.05) is 23.0 Å². The first-order valence-corrected chi connectivity index (χ1v) is 7.42. The summed E-state index contributed by atoms with van der Waals surface area (Å²) in [5.41, 5.74) is 20.7. The van der Waals surface area contributed by atoms with Crippen molar-refractivity contribution in [1.29, 1.82) is 0 Å². The van der Waals surface area contributed by atoms with Gasteiger partial charge in [0, 0.05) is 11.5 Å². The third-order valence-corrected chi connectivity index (χ3v) is 4.09. The van der Waals surface area contributed by atoms with Crippen LogP contribution in [0.25, 0.3) is 0 Å². The van der Waals surface area contributed by atoms with Gasteiger partial charge in [-0.1, -0.05) is 0 Å². The van der Waals surface area contributed by atoms with Crippen molar-refractivity contribution in [3.05, 3.63) is 0 Å². The van der Waals surface area contributed by atoms with Gasteiger partial charge in [0.15, 0.2) is 5.78 Å². The van der Waals surface area contributed by atoms with Gasteiger partial charge in [0.2, 0.25) is 11.8 Å². The molecule has 7 nitrogen and oxygen atoms in total. The minimum atomic E-state index is -0.737. The van der Waals surface area contributed by atoms with Gasteiger partial charge in [-0.2, -0.15) is 23.5 Å². The third kappa shape index (κ3) is 8.34. The molecule has 0 aliphatic heterocycles. The van der Waals surface area contributed by atoms with E-state index in [1.165, 1.54) is 23.5 Å². The smallest absolute Gasteiger partial charge is 0.235 e. The van der Waals surface area contributed by atoms with E-state index in [1.54, 1.807) is 0 Å². The lowest BCUT2D eigenvalue weighted by Crippen LogP contribution is -2.39. The molecular weight excluding hydrogens is 276 g/mol. The van der Waals surface area contributed by atoms with Crippen LogP contribution in [0.2, 0.25) is 0 Å². The largest absolute Gasteiger partial charge is 0.368 e. The molecule has 0 aliphatic rings. The van der Waals surface area contributed by atoms with Gasteiger partial charge in [-0.25, -0.2) is 0 Å². The van der Waals surface area contributed by atoms with Crippen molar-refractivity contribution in [3.63, 3.8) is 0 Å². The molecule has 104 valence electrons. The molecule has 0 bridgehead atoms. The quantitative estimate of drug-likeness (QED) is 0.351. The number of hydrogen-bond acceptors (Lipinski definition) is 7. The van der Waals surface area contributed by atoms with Crippen molar-refractivity contribution in [1.82, 2.24) is 0 Å². The SMILES string of the molecule is NC(=O)C(N)CSCC(=O)CSCC(N)C(N)=O. The zero-order chi connectivity index (χ0) is 14.1. The second-order valence-corrected chi connectivity index (χ2v) is 5.65. The molecule has 0 saturated heterocycles. The summed E-state index contributed by atoms with van der Waals surface area (Å²) in [4.78, 5) is 32.6. The highest BCUT2D eigenvalue weighted by molar-refractivity contribution is 8.01. The Morgan fingerprint density at radius 1 is 0.833 bits per heavy atom. The molecule has 0 aromatic heterocycles. The number of thioether (sulfide) groups is 2. The molecular formula is C9H18N4O3S2. The van der Waals surface area contributed by atoms with Crippen LogP contribution in [0.3, 0.4) is 0 Å². The van der Waals surface area contributed by atoms with Crippen LogP contribution in [0, 0.1) is 0 Å². The molecule has 9 heteroatoms. The van der Waals surface area contributed by atoms with Crippen LogP contribution >= 0.6 is 23.5 Å². The summed E-state index contributed by atoms with van der Waals surface area (Å²) in [5, 5.41) is 0. The Kier molecular flexibility index (Phi) is 8.81. The number of rotatable bonds is 10. The molecule has 0 aromatic rings. The number of Topliss-reactive ketones (excluding diaryl/α,β-unsaturated/α-hetero) is 1. The Labute approximate surface area is 114 Å². The molecule has 0 aliphatic carbocycles. The van der Waals surface area contributed by atoms with Crippen molar-refractivity contribution in [3.8, 4) is 0 Å². The van der Waals surface area contributed by atoms with Crippen molar-refractivity contribution >= 4 is 41.1 Å². The molecule has 18 heavy (non-hydrogen) atoms. The number of carbonyl (C=O) groups excluding carboxylic acids is 3. The predicted octanol–water partition coefficient (Wildman–Crippen LogP) is -2.35. The highest BCUT2D eigenvalue weighted by Gasteiger charge is 2.12. The van der Waals surface area contributed by atoms with Gasteiger partial charge in [0.25, 0.3) is 0 Å².